The third kappa shape index (κ3) is 3.83. The van der Waals surface area contributed by atoms with E-state index in [-0.39, 0.29) is 5.91 Å². The Kier molecular flexibility index (Phi) is 5.02. The van der Waals surface area contributed by atoms with E-state index in [2.05, 4.69) is 17.2 Å². The molecule has 5 heteroatoms. The number of carbonyl (C=O) groups excluding carboxylic acids is 1. The Balaban J connectivity index is 1.79. The van der Waals surface area contributed by atoms with E-state index in [4.69, 9.17) is 11.6 Å². The van der Waals surface area contributed by atoms with Gasteiger partial charge in [-0.1, -0.05) is 11.6 Å². The monoisotopic (exact) mass is 281 g/mol. The van der Waals surface area contributed by atoms with Crippen molar-refractivity contribution < 1.29 is 4.79 Å². The third-order valence-corrected chi connectivity index (χ3v) is 3.85. The lowest BCUT2D eigenvalue weighted by Crippen LogP contribution is -2.42. The lowest BCUT2D eigenvalue weighted by Gasteiger charge is -2.33. The molecule has 0 spiro atoms. The number of amides is 1. The Morgan fingerprint density at radius 1 is 1.58 bits per heavy atom. The summed E-state index contributed by atoms with van der Waals surface area (Å²) in [4.78, 5) is 18.0. The molecule has 1 amide bonds. The van der Waals surface area contributed by atoms with Crippen LogP contribution in [0.5, 0.6) is 0 Å². The van der Waals surface area contributed by atoms with Crippen LogP contribution in [0.3, 0.4) is 0 Å². The summed E-state index contributed by atoms with van der Waals surface area (Å²) in [6.07, 6.45) is 7.26. The predicted molar refractivity (Wildman–Crippen MR) is 77.4 cm³/mol. The second-order valence-electron chi connectivity index (χ2n) is 4.96. The van der Waals surface area contributed by atoms with Gasteiger partial charge in [0, 0.05) is 37.9 Å². The maximum absolute atomic E-state index is 12.1. The molecular formula is C14H20ClN3O. The second kappa shape index (κ2) is 6.75. The van der Waals surface area contributed by atoms with Gasteiger partial charge in [-0.05, 0) is 32.3 Å². The van der Waals surface area contributed by atoms with E-state index in [0.29, 0.717) is 24.0 Å². The summed E-state index contributed by atoms with van der Waals surface area (Å²) in [6.45, 7) is 3.63. The average molecular weight is 282 g/mol. The number of hydrogen-bond donors (Lipinski definition) is 1. The van der Waals surface area contributed by atoms with Crippen LogP contribution in [0, 0.1) is 0 Å². The van der Waals surface area contributed by atoms with Crippen LogP contribution < -0.4 is 5.32 Å². The molecule has 1 N–H and O–H groups in total. The van der Waals surface area contributed by atoms with Crippen LogP contribution in [-0.4, -0.2) is 34.9 Å². The van der Waals surface area contributed by atoms with Crippen molar-refractivity contribution in [1.29, 1.82) is 0 Å². The summed E-state index contributed by atoms with van der Waals surface area (Å²) in [5, 5.41) is 3.76. The van der Waals surface area contributed by atoms with Crippen LogP contribution in [0.2, 0.25) is 5.02 Å². The maximum Gasteiger partial charge on any atom is 0.224 e. The minimum Gasteiger partial charge on any atom is -0.383 e. The molecule has 1 fully saturated rings. The standard InChI is InChI=1S/C14H20ClN3O/c1-11-4-2-3-9-18(11)14(19)6-8-17-13-5-7-16-10-12(13)15/h5,7,10-11H,2-4,6,8-9H2,1H3,(H,16,17)/t11-/m1/s1. The first-order chi connectivity index (χ1) is 9.18. The molecule has 1 atom stereocenters. The van der Waals surface area contributed by atoms with Crippen molar-refractivity contribution >= 4 is 23.2 Å². The molecule has 0 aromatic carbocycles. The number of piperidine rings is 1. The first-order valence-corrected chi connectivity index (χ1v) is 7.19. The first-order valence-electron chi connectivity index (χ1n) is 6.81. The average Bonchev–Trinajstić information content (AvgIpc) is 2.41. The third-order valence-electron chi connectivity index (χ3n) is 3.55. The summed E-state index contributed by atoms with van der Waals surface area (Å²) < 4.78 is 0. The molecule has 0 radical (unpaired) electrons. The van der Waals surface area contributed by atoms with Crippen LogP contribution >= 0.6 is 11.6 Å². The second-order valence-corrected chi connectivity index (χ2v) is 5.37. The van der Waals surface area contributed by atoms with Crippen molar-refractivity contribution in [2.75, 3.05) is 18.4 Å². The molecular weight excluding hydrogens is 262 g/mol. The zero-order valence-corrected chi connectivity index (χ0v) is 12.0. The SMILES string of the molecule is C[C@@H]1CCCCN1C(=O)CCNc1ccncc1Cl. The number of anilines is 1. The summed E-state index contributed by atoms with van der Waals surface area (Å²) in [6, 6.07) is 2.20. The van der Waals surface area contributed by atoms with Crippen molar-refractivity contribution in [2.45, 2.75) is 38.6 Å². The topological polar surface area (TPSA) is 45.2 Å². The van der Waals surface area contributed by atoms with Gasteiger partial charge < -0.3 is 10.2 Å². The minimum absolute atomic E-state index is 0.227. The van der Waals surface area contributed by atoms with Gasteiger partial charge in [0.25, 0.3) is 0 Å². The molecule has 0 bridgehead atoms. The van der Waals surface area contributed by atoms with Crippen LogP contribution in [0.1, 0.15) is 32.6 Å². The summed E-state index contributed by atoms with van der Waals surface area (Å²) in [5.41, 5.74) is 0.830. The highest BCUT2D eigenvalue weighted by molar-refractivity contribution is 6.33. The highest BCUT2D eigenvalue weighted by Crippen LogP contribution is 2.20. The Morgan fingerprint density at radius 2 is 2.42 bits per heavy atom. The number of carbonyl (C=O) groups is 1. The van der Waals surface area contributed by atoms with Gasteiger partial charge in [-0.2, -0.15) is 0 Å². The molecule has 1 saturated heterocycles. The maximum atomic E-state index is 12.1. The van der Waals surface area contributed by atoms with E-state index in [0.717, 1.165) is 25.1 Å². The van der Waals surface area contributed by atoms with Gasteiger partial charge in [0.2, 0.25) is 5.91 Å². The van der Waals surface area contributed by atoms with Gasteiger partial charge in [-0.3, -0.25) is 9.78 Å². The van der Waals surface area contributed by atoms with Crippen molar-refractivity contribution in [3.63, 3.8) is 0 Å². The lowest BCUT2D eigenvalue weighted by molar-refractivity contribution is -0.134. The summed E-state index contributed by atoms with van der Waals surface area (Å²) in [5.74, 6) is 0.227. The molecule has 19 heavy (non-hydrogen) atoms. The van der Waals surface area contributed by atoms with Gasteiger partial charge in [0.1, 0.15) is 0 Å². The van der Waals surface area contributed by atoms with Crippen molar-refractivity contribution in [3.8, 4) is 0 Å². The lowest BCUT2D eigenvalue weighted by atomic mass is 10.0. The quantitative estimate of drug-likeness (QED) is 0.923. The molecule has 2 heterocycles. The van der Waals surface area contributed by atoms with Gasteiger partial charge in [0.15, 0.2) is 0 Å². The molecule has 0 unspecified atom stereocenters. The van der Waals surface area contributed by atoms with Crippen molar-refractivity contribution in [1.82, 2.24) is 9.88 Å². The smallest absolute Gasteiger partial charge is 0.224 e. The minimum atomic E-state index is 0.227. The molecule has 1 aromatic heterocycles. The Labute approximate surface area is 119 Å². The number of rotatable bonds is 4. The number of likely N-dealkylation sites (tertiary alicyclic amines) is 1. The largest absolute Gasteiger partial charge is 0.383 e. The van der Waals surface area contributed by atoms with E-state index in [9.17, 15) is 4.79 Å². The summed E-state index contributed by atoms with van der Waals surface area (Å²) >= 11 is 5.99. The predicted octanol–water partition coefficient (Wildman–Crippen LogP) is 2.94. The zero-order chi connectivity index (χ0) is 13.7. The molecule has 1 aliphatic rings. The van der Waals surface area contributed by atoms with Crippen LogP contribution in [-0.2, 0) is 4.79 Å². The number of aromatic nitrogens is 1. The Bertz CT molecular complexity index is 438. The van der Waals surface area contributed by atoms with Gasteiger partial charge in [-0.15, -0.1) is 0 Å². The number of pyridine rings is 1. The van der Waals surface area contributed by atoms with Crippen molar-refractivity contribution in [3.05, 3.63) is 23.5 Å². The van der Waals surface area contributed by atoms with Gasteiger partial charge in [0.05, 0.1) is 10.7 Å². The molecule has 1 aliphatic heterocycles. The van der Waals surface area contributed by atoms with Gasteiger partial charge in [-0.25, -0.2) is 0 Å². The van der Waals surface area contributed by atoms with Crippen LogP contribution in [0.25, 0.3) is 0 Å². The highest BCUT2D eigenvalue weighted by atomic mass is 35.5. The molecule has 4 nitrogen and oxygen atoms in total. The van der Waals surface area contributed by atoms with Crippen LogP contribution in [0.4, 0.5) is 5.69 Å². The molecule has 0 saturated carbocycles. The number of nitrogens with one attached hydrogen (secondary N) is 1. The number of hydrogen-bond acceptors (Lipinski definition) is 3. The number of nitrogens with zero attached hydrogens (tertiary/aromatic N) is 2. The zero-order valence-electron chi connectivity index (χ0n) is 11.2. The fourth-order valence-corrected chi connectivity index (χ4v) is 2.62. The first kappa shape index (κ1) is 14.1. The highest BCUT2D eigenvalue weighted by Gasteiger charge is 2.22. The fourth-order valence-electron chi connectivity index (χ4n) is 2.43. The van der Waals surface area contributed by atoms with E-state index >= 15 is 0 Å². The molecule has 0 aliphatic carbocycles. The van der Waals surface area contributed by atoms with E-state index < -0.39 is 0 Å². The van der Waals surface area contributed by atoms with E-state index in [1.54, 1.807) is 12.4 Å². The van der Waals surface area contributed by atoms with Crippen molar-refractivity contribution in [2.24, 2.45) is 0 Å². The van der Waals surface area contributed by atoms with Gasteiger partial charge >= 0.3 is 0 Å². The normalized spacial score (nSPS) is 19.3. The van der Waals surface area contributed by atoms with Crippen LogP contribution in [0.15, 0.2) is 18.5 Å². The molecule has 2 rings (SSSR count). The Hall–Kier alpha value is -1.29. The van der Waals surface area contributed by atoms with E-state index in [1.807, 2.05) is 11.0 Å². The summed E-state index contributed by atoms with van der Waals surface area (Å²) in [7, 11) is 0. The molecule has 1 aromatic rings. The molecule has 104 valence electrons. The number of halogens is 1. The van der Waals surface area contributed by atoms with E-state index in [1.165, 1.54) is 6.42 Å². The Morgan fingerprint density at radius 3 is 3.16 bits per heavy atom. The fraction of sp³-hybridized carbons (Fsp3) is 0.571.